The summed E-state index contributed by atoms with van der Waals surface area (Å²) in [5, 5.41) is 17.6. The van der Waals surface area contributed by atoms with Crippen molar-refractivity contribution in [3.05, 3.63) is 35.1 Å². The molecule has 19 heavy (non-hydrogen) atoms. The fourth-order valence-electron chi connectivity index (χ4n) is 1.36. The molecule has 0 aliphatic carbocycles. The molecule has 98 valence electrons. The van der Waals surface area contributed by atoms with Crippen LogP contribution in [0.5, 0.6) is 0 Å². The van der Waals surface area contributed by atoms with E-state index in [9.17, 15) is 4.39 Å². The van der Waals surface area contributed by atoms with Gasteiger partial charge in [0.2, 0.25) is 5.13 Å². The van der Waals surface area contributed by atoms with E-state index in [0.29, 0.717) is 11.3 Å². The summed E-state index contributed by atoms with van der Waals surface area (Å²) in [6, 6.07) is 6.67. The van der Waals surface area contributed by atoms with Crippen molar-refractivity contribution < 1.29 is 4.39 Å². The quantitative estimate of drug-likeness (QED) is 0.812. The van der Waals surface area contributed by atoms with Crippen LogP contribution in [0.4, 0.5) is 9.52 Å². The maximum Gasteiger partial charge on any atom is 0.208 e. The van der Waals surface area contributed by atoms with E-state index in [2.05, 4.69) is 10.2 Å². The van der Waals surface area contributed by atoms with Crippen molar-refractivity contribution in [2.75, 3.05) is 19.0 Å². The highest BCUT2D eigenvalue weighted by molar-refractivity contribution is 8.00. The van der Waals surface area contributed by atoms with Crippen LogP contribution in [0.3, 0.4) is 0 Å². The molecule has 1 heterocycles. The molecule has 0 saturated carbocycles. The minimum atomic E-state index is -0.449. The molecule has 0 atom stereocenters. The molecule has 0 unspecified atom stereocenters. The molecular formula is C12H11FN4S2. The fraction of sp³-hybridized carbons (Fsp3) is 0.250. The van der Waals surface area contributed by atoms with Crippen LogP contribution in [-0.2, 0) is 5.75 Å². The largest absolute Gasteiger partial charge is 0.353 e. The van der Waals surface area contributed by atoms with Crippen LogP contribution in [0.1, 0.15) is 11.1 Å². The molecular weight excluding hydrogens is 283 g/mol. The highest BCUT2D eigenvalue weighted by atomic mass is 32.2. The van der Waals surface area contributed by atoms with Crippen LogP contribution >= 0.6 is 23.1 Å². The first kappa shape index (κ1) is 13.8. The molecule has 0 spiro atoms. The maximum atomic E-state index is 13.8. The van der Waals surface area contributed by atoms with E-state index in [-0.39, 0.29) is 5.56 Å². The average Bonchev–Trinajstić information content (AvgIpc) is 2.86. The van der Waals surface area contributed by atoms with Gasteiger partial charge in [-0.15, -0.1) is 10.2 Å². The van der Waals surface area contributed by atoms with Crippen molar-refractivity contribution >= 4 is 28.2 Å². The van der Waals surface area contributed by atoms with Gasteiger partial charge in [-0.05, 0) is 11.6 Å². The Morgan fingerprint density at radius 1 is 1.42 bits per heavy atom. The lowest BCUT2D eigenvalue weighted by Gasteiger charge is -2.04. The SMILES string of the molecule is CN(C)c1nnc(SCc2cccc(C#N)c2F)s1. The average molecular weight is 294 g/mol. The van der Waals surface area contributed by atoms with Crippen molar-refractivity contribution in [3.63, 3.8) is 0 Å². The number of nitriles is 1. The third-order valence-electron chi connectivity index (χ3n) is 2.33. The number of nitrogens with zero attached hydrogens (tertiary/aromatic N) is 4. The van der Waals surface area contributed by atoms with Gasteiger partial charge in [-0.2, -0.15) is 5.26 Å². The van der Waals surface area contributed by atoms with Gasteiger partial charge in [0.15, 0.2) is 4.34 Å². The van der Waals surface area contributed by atoms with E-state index in [0.717, 1.165) is 9.47 Å². The lowest BCUT2D eigenvalue weighted by Crippen LogP contribution is -2.07. The second kappa shape index (κ2) is 5.99. The zero-order chi connectivity index (χ0) is 13.8. The summed E-state index contributed by atoms with van der Waals surface area (Å²) in [4.78, 5) is 1.87. The van der Waals surface area contributed by atoms with Crippen molar-refractivity contribution in [1.29, 1.82) is 5.26 Å². The molecule has 7 heteroatoms. The van der Waals surface area contributed by atoms with Crippen molar-refractivity contribution in [1.82, 2.24) is 10.2 Å². The molecule has 1 aromatic heterocycles. The predicted octanol–water partition coefficient (Wildman–Crippen LogP) is 2.91. The summed E-state index contributed by atoms with van der Waals surface area (Å²) >= 11 is 2.87. The van der Waals surface area contributed by atoms with E-state index in [1.165, 1.54) is 29.2 Å². The van der Waals surface area contributed by atoms with Crippen molar-refractivity contribution in [3.8, 4) is 6.07 Å². The lowest BCUT2D eigenvalue weighted by atomic mass is 10.1. The third-order valence-corrected chi connectivity index (χ3v) is 4.60. The molecule has 2 aromatic rings. The Hall–Kier alpha value is -1.65. The maximum absolute atomic E-state index is 13.8. The lowest BCUT2D eigenvalue weighted by molar-refractivity contribution is 0.613. The van der Waals surface area contributed by atoms with E-state index in [4.69, 9.17) is 5.26 Å². The van der Waals surface area contributed by atoms with Crippen molar-refractivity contribution in [2.45, 2.75) is 10.1 Å². The highest BCUT2D eigenvalue weighted by Crippen LogP contribution is 2.30. The summed E-state index contributed by atoms with van der Waals surface area (Å²) in [6.45, 7) is 0. The topological polar surface area (TPSA) is 52.8 Å². The molecule has 0 aliphatic rings. The van der Waals surface area contributed by atoms with E-state index in [1.54, 1.807) is 12.1 Å². The second-order valence-electron chi connectivity index (χ2n) is 3.92. The summed E-state index contributed by atoms with van der Waals surface area (Å²) in [6.07, 6.45) is 0. The van der Waals surface area contributed by atoms with Gasteiger partial charge in [0.05, 0.1) is 5.56 Å². The zero-order valence-electron chi connectivity index (χ0n) is 10.4. The molecule has 0 fully saturated rings. The number of aromatic nitrogens is 2. The van der Waals surface area contributed by atoms with Crippen LogP contribution in [0.25, 0.3) is 0 Å². The molecule has 1 aromatic carbocycles. The van der Waals surface area contributed by atoms with Gasteiger partial charge in [0, 0.05) is 19.8 Å². The van der Waals surface area contributed by atoms with E-state index < -0.39 is 5.82 Å². The van der Waals surface area contributed by atoms with E-state index in [1.807, 2.05) is 25.1 Å². The fourth-order valence-corrected chi connectivity index (χ4v) is 3.10. The molecule has 0 saturated heterocycles. The van der Waals surface area contributed by atoms with Gasteiger partial charge in [-0.25, -0.2) is 4.39 Å². The number of halogens is 1. The van der Waals surface area contributed by atoms with Gasteiger partial charge in [-0.1, -0.05) is 35.2 Å². The molecule has 0 radical (unpaired) electrons. The standard InChI is InChI=1S/C12H11FN4S2/c1-17(2)11-15-16-12(19-11)18-7-9-5-3-4-8(6-14)10(9)13/h3-5H,7H2,1-2H3. The number of benzene rings is 1. The minimum absolute atomic E-state index is 0.0735. The zero-order valence-corrected chi connectivity index (χ0v) is 12.1. The molecule has 0 amide bonds. The van der Waals surface area contributed by atoms with Crippen LogP contribution in [0, 0.1) is 17.1 Å². The number of thioether (sulfide) groups is 1. The Morgan fingerprint density at radius 3 is 2.84 bits per heavy atom. The number of rotatable bonds is 4. The third kappa shape index (κ3) is 3.22. The Kier molecular flexibility index (Phi) is 4.35. The molecule has 0 aliphatic heterocycles. The predicted molar refractivity (Wildman–Crippen MR) is 74.9 cm³/mol. The summed E-state index contributed by atoms with van der Waals surface area (Å²) in [5.74, 6) is -0.0153. The van der Waals surface area contributed by atoms with Gasteiger partial charge in [0.25, 0.3) is 0 Å². The molecule has 0 bridgehead atoms. The minimum Gasteiger partial charge on any atom is -0.353 e. The second-order valence-corrected chi connectivity index (χ2v) is 6.10. The summed E-state index contributed by atoms with van der Waals surface area (Å²) in [7, 11) is 3.79. The summed E-state index contributed by atoms with van der Waals surface area (Å²) in [5.41, 5.74) is 0.579. The Bertz CT molecular complexity index is 618. The molecule has 4 nitrogen and oxygen atoms in total. The van der Waals surface area contributed by atoms with Gasteiger partial charge >= 0.3 is 0 Å². The van der Waals surface area contributed by atoms with Crippen LogP contribution < -0.4 is 4.90 Å². The normalized spacial score (nSPS) is 10.2. The Balaban J connectivity index is 2.08. The Morgan fingerprint density at radius 2 is 2.21 bits per heavy atom. The van der Waals surface area contributed by atoms with Crippen LogP contribution in [0.15, 0.2) is 22.5 Å². The summed E-state index contributed by atoms with van der Waals surface area (Å²) < 4.78 is 14.6. The molecule has 0 N–H and O–H groups in total. The Labute approximate surface area is 118 Å². The number of hydrogen-bond donors (Lipinski definition) is 0. The van der Waals surface area contributed by atoms with Gasteiger partial charge in [0.1, 0.15) is 11.9 Å². The molecule has 2 rings (SSSR count). The first-order valence-electron chi connectivity index (χ1n) is 5.43. The number of hydrogen-bond acceptors (Lipinski definition) is 6. The first-order chi connectivity index (χ1) is 9.11. The smallest absolute Gasteiger partial charge is 0.208 e. The van der Waals surface area contributed by atoms with Gasteiger partial charge in [-0.3, -0.25) is 0 Å². The van der Waals surface area contributed by atoms with E-state index >= 15 is 0 Å². The highest BCUT2D eigenvalue weighted by Gasteiger charge is 2.10. The van der Waals surface area contributed by atoms with Gasteiger partial charge < -0.3 is 4.90 Å². The monoisotopic (exact) mass is 294 g/mol. The van der Waals surface area contributed by atoms with Crippen LogP contribution in [0.2, 0.25) is 0 Å². The first-order valence-corrected chi connectivity index (χ1v) is 7.23. The van der Waals surface area contributed by atoms with Crippen molar-refractivity contribution in [2.24, 2.45) is 0 Å². The van der Waals surface area contributed by atoms with Crippen LogP contribution in [-0.4, -0.2) is 24.3 Å². The number of anilines is 1.